The van der Waals surface area contributed by atoms with Crippen molar-refractivity contribution < 1.29 is 4.79 Å². The number of aromatic nitrogens is 4. The highest BCUT2D eigenvalue weighted by atomic mass is 35.5. The van der Waals surface area contributed by atoms with Crippen LogP contribution in [0.15, 0.2) is 42.9 Å². The number of H-pyrrole nitrogens is 1. The maximum Gasteiger partial charge on any atom is 0.222 e. The molecule has 1 aliphatic rings. The number of rotatable bonds is 4. The number of amides is 1. The summed E-state index contributed by atoms with van der Waals surface area (Å²) in [6, 6.07) is 9.58. The number of benzene rings is 1. The van der Waals surface area contributed by atoms with Gasteiger partial charge < -0.3 is 4.90 Å². The molecular formula is C21H22ClN5O. The van der Waals surface area contributed by atoms with E-state index in [1.165, 1.54) is 0 Å². The molecule has 1 aliphatic heterocycles. The number of piperidine rings is 1. The summed E-state index contributed by atoms with van der Waals surface area (Å²) in [6.45, 7) is 3.45. The molecule has 0 spiro atoms. The van der Waals surface area contributed by atoms with Crippen molar-refractivity contribution in [1.82, 2.24) is 25.1 Å². The van der Waals surface area contributed by atoms with Crippen LogP contribution < -0.4 is 0 Å². The van der Waals surface area contributed by atoms with E-state index in [9.17, 15) is 4.79 Å². The number of carbonyl (C=O) groups is 1. The zero-order valence-corrected chi connectivity index (χ0v) is 16.5. The SMILES string of the molecule is CCC(=O)N1CCC(c2[nH]nc(-c3cccc(Cl)c3)c2-c2ccncn2)CC1. The molecule has 1 saturated heterocycles. The van der Waals surface area contributed by atoms with E-state index in [1.54, 1.807) is 12.5 Å². The highest BCUT2D eigenvalue weighted by molar-refractivity contribution is 6.30. The summed E-state index contributed by atoms with van der Waals surface area (Å²) in [5.74, 6) is 0.519. The van der Waals surface area contributed by atoms with Crippen molar-refractivity contribution in [3.8, 4) is 22.5 Å². The van der Waals surface area contributed by atoms with E-state index in [2.05, 4.69) is 20.2 Å². The minimum absolute atomic E-state index is 0.221. The molecule has 0 bridgehead atoms. The first-order chi connectivity index (χ1) is 13.7. The minimum atomic E-state index is 0.221. The average molecular weight is 396 g/mol. The Bertz CT molecular complexity index is 964. The summed E-state index contributed by atoms with van der Waals surface area (Å²) in [6.07, 6.45) is 5.65. The Kier molecular flexibility index (Phi) is 5.39. The Morgan fingerprint density at radius 1 is 1.29 bits per heavy atom. The fourth-order valence-electron chi connectivity index (χ4n) is 3.83. The van der Waals surface area contributed by atoms with E-state index in [0.29, 0.717) is 17.4 Å². The third-order valence-corrected chi connectivity index (χ3v) is 5.52. The molecule has 0 unspecified atom stereocenters. The Balaban J connectivity index is 1.72. The van der Waals surface area contributed by atoms with E-state index >= 15 is 0 Å². The van der Waals surface area contributed by atoms with Crippen molar-refractivity contribution in [3.05, 3.63) is 53.6 Å². The summed E-state index contributed by atoms with van der Waals surface area (Å²) in [5, 5.41) is 8.56. The largest absolute Gasteiger partial charge is 0.343 e. The molecule has 1 fully saturated rings. The maximum atomic E-state index is 12.0. The van der Waals surface area contributed by atoms with Gasteiger partial charge in [-0.2, -0.15) is 5.10 Å². The molecule has 0 aliphatic carbocycles. The van der Waals surface area contributed by atoms with Gasteiger partial charge in [-0.25, -0.2) is 9.97 Å². The molecule has 1 N–H and O–H groups in total. The zero-order valence-electron chi connectivity index (χ0n) is 15.7. The van der Waals surface area contributed by atoms with Gasteiger partial charge in [-0.05, 0) is 31.0 Å². The molecule has 28 heavy (non-hydrogen) atoms. The van der Waals surface area contributed by atoms with Crippen molar-refractivity contribution in [2.45, 2.75) is 32.1 Å². The lowest BCUT2D eigenvalue weighted by molar-refractivity contribution is -0.131. The van der Waals surface area contributed by atoms with Gasteiger partial charge in [0.05, 0.1) is 5.69 Å². The molecule has 0 saturated carbocycles. The standard InChI is InChI=1S/C21H22ClN5O/c1-2-18(28)27-10-7-14(8-11-27)20-19(17-6-9-23-13-24-17)21(26-25-20)15-4-3-5-16(22)12-15/h3-6,9,12-14H,2,7-8,10-11H2,1H3,(H,25,26). The number of halogens is 1. The molecule has 1 amide bonds. The normalized spacial score (nSPS) is 15.0. The predicted molar refractivity (Wildman–Crippen MR) is 109 cm³/mol. The first kappa shape index (κ1) is 18.6. The number of hydrogen-bond acceptors (Lipinski definition) is 4. The smallest absolute Gasteiger partial charge is 0.222 e. The first-order valence-electron chi connectivity index (χ1n) is 9.55. The summed E-state index contributed by atoms with van der Waals surface area (Å²) in [5.41, 5.74) is 4.67. The molecule has 7 heteroatoms. The number of aromatic amines is 1. The first-order valence-corrected chi connectivity index (χ1v) is 9.93. The third kappa shape index (κ3) is 3.64. The molecule has 6 nitrogen and oxygen atoms in total. The van der Waals surface area contributed by atoms with Gasteiger partial charge in [0.15, 0.2) is 0 Å². The van der Waals surface area contributed by atoms with Crippen LogP contribution >= 0.6 is 11.6 Å². The highest BCUT2D eigenvalue weighted by Crippen LogP contribution is 2.39. The average Bonchev–Trinajstić information content (AvgIpc) is 3.19. The van der Waals surface area contributed by atoms with Gasteiger partial charge in [-0.1, -0.05) is 30.7 Å². The van der Waals surface area contributed by atoms with Crippen molar-refractivity contribution in [3.63, 3.8) is 0 Å². The lowest BCUT2D eigenvalue weighted by Gasteiger charge is -2.31. The van der Waals surface area contributed by atoms with Crippen LogP contribution in [0.5, 0.6) is 0 Å². The fourth-order valence-corrected chi connectivity index (χ4v) is 4.02. The number of likely N-dealkylation sites (tertiary alicyclic amines) is 1. The van der Waals surface area contributed by atoms with Crippen LogP contribution in [0.4, 0.5) is 0 Å². The van der Waals surface area contributed by atoms with Crippen LogP contribution in [0.25, 0.3) is 22.5 Å². The number of nitrogens with one attached hydrogen (secondary N) is 1. The van der Waals surface area contributed by atoms with Crippen LogP contribution in [-0.2, 0) is 4.79 Å². The molecule has 144 valence electrons. The van der Waals surface area contributed by atoms with Crippen molar-refractivity contribution in [1.29, 1.82) is 0 Å². The highest BCUT2D eigenvalue weighted by Gasteiger charge is 2.28. The zero-order chi connectivity index (χ0) is 19.5. The van der Waals surface area contributed by atoms with Crippen LogP contribution in [-0.4, -0.2) is 44.1 Å². The van der Waals surface area contributed by atoms with Gasteiger partial charge in [0.1, 0.15) is 12.0 Å². The van der Waals surface area contributed by atoms with E-state index in [0.717, 1.165) is 54.1 Å². The molecule has 3 heterocycles. The Hall–Kier alpha value is -2.73. The van der Waals surface area contributed by atoms with Gasteiger partial charge in [-0.15, -0.1) is 0 Å². The minimum Gasteiger partial charge on any atom is -0.343 e. The summed E-state index contributed by atoms with van der Waals surface area (Å²) < 4.78 is 0. The summed E-state index contributed by atoms with van der Waals surface area (Å²) in [4.78, 5) is 22.5. The molecule has 0 atom stereocenters. The summed E-state index contributed by atoms with van der Waals surface area (Å²) >= 11 is 6.21. The van der Waals surface area contributed by atoms with Gasteiger partial charge >= 0.3 is 0 Å². The predicted octanol–water partition coefficient (Wildman–Crippen LogP) is 4.30. The van der Waals surface area contributed by atoms with E-state index in [4.69, 9.17) is 11.6 Å². The second kappa shape index (κ2) is 8.10. The molecule has 1 aromatic carbocycles. The van der Waals surface area contributed by atoms with Crippen molar-refractivity contribution >= 4 is 17.5 Å². The Morgan fingerprint density at radius 2 is 2.11 bits per heavy atom. The lowest BCUT2D eigenvalue weighted by atomic mass is 9.88. The quantitative estimate of drug-likeness (QED) is 0.714. The summed E-state index contributed by atoms with van der Waals surface area (Å²) in [7, 11) is 0. The van der Waals surface area contributed by atoms with Crippen molar-refractivity contribution in [2.24, 2.45) is 0 Å². The fraction of sp³-hybridized carbons (Fsp3) is 0.333. The number of hydrogen-bond donors (Lipinski definition) is 1. The van der Waals surface area contributed by atoms with Crippen molar-refractivity contribution in [2.75, 3.05) is 13.1 Å². The topological polar surface area (TPSA) is 74.8 Å². The van der Waals surface area contributed by atoms with Gasteiger partial charge in [0, 0.05) is 53.5 Å². The van der Waals surface area contributed by atoms with Gasteiger partial charge in [-0.3, -0.25) is 9.89 Å². The molecule has 3 aromatic rings. The van der Waals surface area contributed by atoms with Crippen LogP contribution in [0.3, 0.4) is 0 Å². The molecule has 0 radical (unpaired) electrons. The number of carbonyl (C=O) groups excluding carboxylic acids is 1. The third-order valence-electron chi connectivity index (χ3n) is 5.29. The van der Waals surface area contributed by atoms with E-state index in [-0.39, 0.29) is 5.91 Å². The van der Waals surface area contributed by atoms with E-state index in [1.807, 2.05) is 42.2 Å². The number of nitrogens with zero attached hydrogens (tertiary/aromatic N) is 4. The Labute approximate surface area is 169 Å². The maximum absolute atomic E-state index is 12.0. The second-order valence-corrected chi connectivity index (χ2v) is 7.41. The lowest BCUT2D eigenvalue weighted by Crippen LogP contribution is -2.37. The monoisotopic (exact) mass is 395 g/mol. The Morgan fingerprint density at radius 3 is 2.79 bits per heavy atom. The van der Waals surface area contributed by atoms with Crippen LogP contribution in [0, 0.1) is 0 Å². The van der Waals surface area contributed by atoms with Gasteiger partial charge in [0.2, 0.25) is 5.91 Å². The molecule has 4 rings (SSSR count). The molecular weight excluding hydrogens is 374 g/mol. The van der Waals surface area contributed by atoms with Crippen LogP contribution in [0.2, 0.25) is 5.02 Å². The second-order valence-electron chi connectivity index (χ2n) is 6.97. The molecule has 2 aromatic heterocycles. The van der Waals surface area contributed by atoms with E-state index < -0.39 is 0 Å². The van der Waals surface area contributed by atoms with Gasteiger partial charge in [0.25, 0.3) is 0 Å². The van der Waals surface area contributed by atoms with Crippen LogP contribution in [0.1, 0.15) is 37.8 Å².